The number of carbonyl (C=O) groups excluding carboxylic acids is 3. The van der Waals surface area contributed by atoms with Crippen molar-refractivity contribution in [3.8, 4) is 0 Å². The van der Waals surface area contributed by atoms with Crippen molar-refractivity contribution < 1.29 is 14.4 Å². The van der Waals surface area contributed by atoms with Gasteiger partial charge in [0.15, 0.2) is 0 Å². The molecule has 1 aliphatic rings. The highest BCUT2D eigenvalue weighted by Gasteiger charge is 2.38. The standard InChI is InChI=1S/C14H16ClN3O3S/c1-22-7-6-11-13(20)18(14(21)17-11)8-12(19)16-10-4-2-9(15)3-5-10/h2-5,11H,6-8H2,1H3,(H,16,19)(H,17,21). The molecule has 1 aliphatic heterocycles. The van der Waals surface area contributed by atoms with Crippen LogP contribution in [0.25, 0.3) is 0 Å². The Labute approximate surface area is 137 Å². The Hall–Kier alpha value is -1.73. The topological polar surface area (TPSA) is 78.5 Å². The lowest BCUT2D eigenvalue weighted by atomic mass is 10.2. The zero-order valence-electron chi connectivity index (χ0n) is 12.0. The Kier molecular flexibility index (Phi) is 5.68. The van der Waals surface area contributed by atoms with E-state index in [4.69, 9.17) is 11.6 Å². The highest BCUT2D eigenvalue weighted by molar-refractivity contribution is 7.98. The van der Waals surface area contributed by atoms with Crippen LogP contribution in [0.4, 0.5) is 10.5 Å². The summed E-state index contributed by atoms with van der Waals surface area (Å²) in [6.45, 7) is -0.303. The van der Waals surface area contributed by atoms with Gasteiger partial charge in [-0.1, -0.05) is 11.6 Å². The molecule has 0 radical (unpaired) electrons. The summed E-state index contributed by atoms with van der Waals surface area (Å²) in [6.07, 6.45) is 2.49. The molecule has 0 aromatic heterocycles. The minimum Gasteiger partial charge on any atom is -0.326 e. The van der Waals surface area contributed by atoms with E-state index in [0.29, 0.717) is 17.1 Å². The number of imide groups is 1. The van der Waals surface area contributed by atoms with Crippen LogP contribution in [0, 0.1) is 0 Å². The first-order valence-electron chi connectivity index (χ1n) is 6.67. The average molecular weight is 342 g/mol. The molecule has 22 heavy (non-hydrogen) atoms. The van der Waals surface area contributed by atoms with Gasteiger partial charge in [-0.25, -0.2) is 4.79 Å². The van der Waals surface area contributed by atoms with Crippen LogP contribution in [0.5, 0.6) is 0 Å². The van der Waals surface area contributed by atoms with E-state index in [9.17, 15) is 14.4 Å². The number of benzene rings is 1. The third kappa shape index (κ3) is 4.14. The van der Waals surface area contributed by atoms with Gasteiger partial charge in [0.1, 0.15) is 12.6 Å². The number of nitrogens with zero attached hydrogens (tertiary/aromatic N) is 1. The Bertz CT molecular complexity index is 579. The van der Waals surface area contributed by atoms with Crippen LogP contribution >= 0.6 is 23.4 Å². The predicted molar refractivity (Wildman–Crippen MR) is 87.1 cm³/mol. The number of urea groups is 1. The molecule has 1 aromatic rings. The van der Waals surface area contributed by atoms with Crippen molar-refractivity contribution >= 4 is 46.9 Å². The summed E-state index contributed by atoms with van der Waals surface area (Å²) in [5.74, 6) is -0.0248. The SMILES string of the molecule is CSCCC1NC(=O)N(CC(=O)Nc2ccc(Cl)cc2)C1=O. The third-order valence-electron chi connectivity index (χ3n) is 3.15. The predicted octanol–water partition coefficient (Wildman–Crippen LogP) is 1.95. The second kappa shape index (κ2) is 7.51. The molecule has 4 amide bonds. The minimum absolute atomic E-state index is 0.303. The van der Waals surface area contributed by atoms with Gasteiger partial charge in [-0.3, -0.25) is 14.5 Å². The van der Waals surface area contributed by atoms with Gasteiger partial charge in [-0.15, -0.1) is 0 Å². The number of hydrogen-bond donors (Lipinski definition) is 2. The van der Waals surface area contributed by atoms with Gasteiger partial charge in [0.25, 0.3) is 5.91 Å². The second-order valence-corrected chi connectivity index (χ2v) is 6.19. The van der Waals surface area contributed by atoms with E-state index in [1.807, 2.05) is 6.26 Å². The first kappa shape index (κ1) is 16.6. The quantitative estimate of drug-likeness (QED) is 0.775. The molecule has 0 aliphatic carbocycles. The van der Waals surface area contributed by atoms with Crippen LogP contribution < -0.4 is 10.6 Å². The zero-order chi connectivity index (χ0) is 16.1. The summed E-state index contributed by atoms with van der Waals surface area (Å²) in [4.78, 5) is 36.8. The summed E-state index contributed by atoms with van der Waals surface area (Å²) in [6, 6.07) is 5.51. The number of rotatable bonds is 6. The maximum atomic E-state index is 12.1. The lowest BCUT2D eigenvalue weighted by molar-refractivity contribution is -0.130. The summed E-state index contributed by atoms with van der Waals surface area (Å²) in [7, 11) is 0. The fraction of sp³-hybridized carbons (Fsp3) is 0.357. The van der Waals surface area contributed by atoms with Gasteiger partial charge in [-0.2, -0.15) is 11.8 Å². The number of hydrogen-bond acceptors (Lipinski definition) is 4. The van der Waals surface area contributed by atoms with Crippen LogP contribution in [0.15, 0.2) is 24.3 Å². The average Bonchev–Trinajstić information content (AvgIpc) is 2.75. The molecule has 0 bridgehead atoms. The normalized spacial score (nSPS) is 17.5. The van der Waals surface area contributed by atoms with E-state index < -0.39 is 18.0 Å². The summed E-state index contributed by atoms with van der Waals surface area (Å²) < 4.78 is 0. The number of thioether (sulfide) groups is 1. The number of amides is 4. The molecule has 2 N–H and O–H groups in total. The van der Waals surface area contributed by atoms with Crippen LogP contribution in [0.3, 0.4) is 0 Å². The molecule has 1 aromatic carbocycles. The van der Waals surface area contributed by atoms with Crippen LogP contribution in [0.1, 0.15) is 6.42 Å². The van der Waals surface area contributed by atoms with Crippen molar-refractivity contribution in [3.63, 3.8) is 0 Å². The largest absolute Gasteiger partial charge is 0.326 e. The molecule has 1 saturated heterocycles. The van der Waals surface area contributed by atoms with Crippen molar-refractivity contribution in [3.05, 3.63) is 29.3 Å². The zero-order valence-corrected chi connectivity index (χ0v) is 13.5. The smallest absolute Gasteiger partial charge is 0.325 e. The first-order chi connectivity index (χ1) is 10.5. The molecule has 1 fully saturated rings. The Morgan fingerprint density at radius 1 is 1.36 bits per heavy atom. The van der Waals surface area contributed by atoms with E-state index >= 15 is 0 Å². The Balaban J connectivity index is 1.92. The molecule has 1 atom stereocenters. The number of anilines is 1. The summed E-state index contributed by atoms with van der Waals surface area (Å²) >= 11 is 7.36. The highest BCUT2D eigenvalue weighted by atomic mass is 35.5. The number of nitrogens with one attached hydrogen (secondary N) is 2. The third-order valence-corrected chi connectivity index (χ3v) is 4.04. The van der Waals surface area contributed by atoms with Gasteiger partial charge in [0.05, 0.1) is 0 Å². The van der Waals surface area contributed by atoms with Crippen molar-refractivity contribution in [2.24, 2.45) is 0 Å². The van der Waals surface area contributed by atoms with Crippen LogP contribution in [0.2, 0.25) is 5.02 Å². The van der Waals surface area contributed by atoms with Crippen molar-refractivity contribution in [1.82, 2.24) is 10.2 Å². The molecular formula is C14H16ClN3O3S. The molecule has 2 rings (SSSR count). The fourth-order valence-electron chi connectivity index (χ4n) is 2.04. The molecule has 6 nitrogen and oxygen atoms in total. The van der Waals surface area contributed by atoms with Gasteiger partial charge >= 0.3 is 6.03 Å². The maximum Gasteiger partial charge on any atom is 0.325 e. The van der Waals surface area contributed by atoms with Crippen molar-refractivity contribution in [2.75, 3.05) is 23.9 Å². The molecule has 0 spiro atoms. The lowest BCUT2D eigenvalue weighted by Gasteiger charge is -2.13. The van der Waals surface area contributed by atoms with Gasteiger partial charge in [0, 0.05) is 10.7 Å². The summed E-state index contributed by atoms with van der Waals surface area (Å²) in [5.41, 5.74) is 0.556. The molecule has 8 heteroatoms. The van der Waals surface area contributed by atoms with Gasteiger partial charge in [0.2, 0.25) is 5.91 Å². The lowest BCUT2D eigenvalue weighted by Crippen LogP contribution is -2.38. The van der Waals surface area contributed by atoms with Crippen LogP contribution in [-0.4, -0.2) is 47.3 Å². The number of halogens is 1. The molecule has 0 saturated carbocycles. The molecule has 118 valence electrons. The monoisotopic (exact) mass is 341 g/mol. The Morgan fingerprint density at radius 2 is 2.05 bits per heavy atom. The van der Waals surface area contributed by atoms with E-state index in [1.54, 1.807) is 36.0 Å². The van der Waals surface area contributed by atoms with Gasteiger partial charge in [-0.05, 0) is 42.7 Å². The van der Waals surface area contributed by atoms with Crippen molar-refractivity contribution in [2.45, 2.75) is 12.5 Å². The van der Waals surface area contributed by atoms with E-state index in [0.717, 1.165) is 10.7 Å². The number of carbonyl (C=O) groups is 3. The van der Waals surface area contributed by atoms with E-state index in [-0.39, 0.29) is 12.5 Å². The second-order valence-electron chi connectivity index (χ2n) is 4.76. The van der Waals surface area contributed by atoms with E-state index in [2.05, 4.69) is 10.6 Å². The van der Waals surface area contributed by atoms with Crippen LogP contribution in [-0.2, 0) is 9.59 Å². The highest BCUT2D eigenvalue weighted by Crippen LogP contribution is 2.15. The van der Waals surface area contributed by atoms with Crippen molar-refractivity contribution in [1.29, 1.82) is 0 Å². The molecule has 1 unspecified atom stereocenters. The van der Waals surface area contributed by atoms with E-state index in [1.165, 1.54) is 0 Å². The van der Waals surface area contributed by atoms with Gasteiger partial charge < -0.3 is 10.6 Å². The molecule has 1 heterocycles. The minimum atomic E-state index is -0.539. The fourth-order valence-corrected chi connectivity index (χ4v) is 2.63. The molecular weight excluding hydrogens is 326 g/mol. The Morgan fingerprint density at radius 3 is 2.68 bits per heavy atom. The first-order valence-corrected chi connectivity index (χ1v) is 8.44. The maximum absolute atomic E-state index is 12.1. The summed E-state index contributed by atoms with van der Waals surface area (Å²) in [5, 5.41) is 5.77.